The number of benzene rings is 2. The fourth-order valence-electron chi connectivity index (χ4n) is 2.97. The van der Waals surface area contributed by atoms with Crippen molar-refractivity contribution in [2.24, 2.45) is 0 Å². The van der Waals surface area contributed by atoms with E-state index in [4.69, 9.17) is 4.52 Å². The summed E-state index contributed by atoms with van der Waals surface area (Å²) >= 11 is 0. The van der Waals surface area contributed by atoms with Gasteiger partial charge in [-0.3, -0.25) is 19.2 Å². The van der Waals surface area contributed by atoms with Gasteiger partial charge < -0.3 is 0 Å². The number of nitrogens with zero attached hydrogens (tertiary/aromatic N) is 3. The van der Waals surface area contributed by atoms with E-state index in [0.29, 0.717) is 10.9 Å². The average molecular weight is 347 g/mol. The summed E-state index contributed by atoms with van der Waals surface area (Å²) in [6, 6.07) is 10.8. The van der Waals surface area contributed by atoms with Gasteiger partial charge in [-0.1, -0.05) is 24.3 Å². The van der Waals surface area contributed by atoms with E-state index in [0.717, 1.165) is 31.6 Å². The normalized spacial score (nSPS) is 19.4. The maximum Gasteiger partial charge on any atom is 0.346 e. The molecule has 8 heteroatoms. The van der Waals surface area contributed by atoms with E-state index in [1.165, 1.54) is 0 Å². The van der Waals surface area contributed by atoms with Gasteiger partial charge >= 0.3 is 7.67 Å². The molecule has 0 bridgehead atoms. The van der Waals surface area contributed by atoms with E-state index in [9.17, 15) is 14.7 Å². The lowest BCUT2D eigenvalue weighted by Crippen LogP contribution is -2.11. The minimum atomic E-state index is -3.03. The van der Waals surface area contributed by atoms with Crippen molar-refractivity contribution in [1.29, 1.82) is 0 Å². The molecule has 0 amide bonds. The summed E-state index contributed by atoms with van der Waals surface area (Å²) in [5.41, 5.74) is 0.492. The maximum atomic E-state index is 13.1. The number of hydrogen-bond acceptors (Lipinski definition) is 4. The van der Waals surface area contributed by atoms with Crippen molar-refractivity contribution in [3.63, 3.8) is 0 Å². The van der Waals surface area contributed by atoms with Gasteiger partial charge in [0.2, 0.25) is 0 Å². The molecule has 126 valence electrons. The van der Waals surface area contributed by atoms with Crippen LogP contribution in [0.4, 0.5) is 5.69 Å². The predicted molar refractivity (Wildman–Crippen MR) is 90.9 cm³/mol. The Balaban J connectivity index is 1.74. The topological polar surface area (TPSA) is 75.5 Å². The van der Waals surface area contributed by atoms with Crippen LogP contribution in [-0.2, 0) is 9.09 Å². The van der Waals surface area contributed by atoms with Gasteiger partial charge in [-0.15, -0.1) is 0 Å². The highest BCUT2D eigenvalue weighted by molar-refractivity contribution is 7.54. The standard InChI is InChI=1S/C16H18N3O4P/c1-12(23-24(22,17-8-9-17)18-10-11-18)14-7-6-13-4-2-3-5-15(13)16(14)19(20)21/h2-7,12H,8-11H2,1H3. The van der Waals surface area contributed by atoms with Crippen LogP contribution in [0.3, 0.4) is 0 Å². The number of hydrogen-bond donors (Lipinski definition) is 0. The van der Waals surface area contributed by atoms with Crippen molar-refractivity contribution in [3.05, 3.63) is 52.1 Å². The zero-order chi connectivity index (χ0) is 16.9. The SMILES string of the molecule is CC(OP(=O)(N1CC1)N1CC1)c1ccc2ccccc2c1[N+](=O)[O-]. The Bertz CT molecular complexity index is 848. The Morgan fingerprint density at radius 3 is 2.33 bits per heavy atom. The first-order valence-corrected chi connectivity index (χ1v) is 9.49. The van der Waals surface area contributed by atoms with Crippen LogP contribution in [0.25, 0.3) is 10.8 Å². The number of nitro benzene ring substituents is 1. The molecule has 2 aliphatic rings. The second-order valence-corrected chi connectivity index (χ2v) is 8.45. The molecule has 2 aromatic rings. The van der Waals surface area contributed by atoms with E-state index >= 15 is 0 Å². The van der Waals surface area contributed by atoms with Gasteiger partial charge in [0.1, 0.15) is 0 Å². The molecule has 2 fully saturated rings. The lowest BCUT2D eigenvalue weighted by atomic mass is 10.0. The van der Waals surface area contributed by atoms with Gasteiger partial charge in [0.15, 0.2) is 0 Å². The highest BCUT2D eigenvalue weighted by Crippen LogP contribution is 2.63. The lowest BCUT2D eigenvalue weighted by molar-refractivity contribution is -0.384. The third-order valence-electron chi connectivity index (χ3n) is 4.41. The number of rotatable bonds is 6. The van der Waals surface area contributed by atoms with E-state index < -0.39 is 13.8 Å². The van der Waals surface area contributed by atoms with Crippen molar-refractivity contribution in [3.8, 4) is 0 Å². The maximum absolute atomic E-state index is 13.1. The molecule has 2 aliphatic heterocycles. The van der Waals surface area contributed by atoms with Crippen LogP contribution in [0.5, 0.6) is 0 Å². The third kappa shape index (κ3) is 2.63. The molecule has 1 atom stereocenters. The van der Waals surface area contributed by atoms with Crippen molar-refractivity contribution in [2.45, 2.75) is 13.0 Å². The summed E-state index contributed by atoms with van der Waals surface area (Å²) in [5.74, 6) is 0. The minimum Gasteiger partial charge on any atom is -0.298 e. The van der Waals surface area contributed by atoms with Gasteiger partial charge in [0, 0.05) is 26.2 Å². The molecular weight excluding hydrogens is 329 g/mol. The number of fused-ring (bicyclic) bond motifs is 1. The summed E-state index contributed by atoms with van der Waals surface area (Å²) < 4.78 is 22.7. The van der Waals surface area contributed by atoms with Crippen LogP contribution < -0.4 is 0 Å². The molecule has 2 heterocycles. The van der Waals surface area contributed by atoms with Crippen LogP contribution in [0, 0.1) is 10.1 Å². The van der Waals surface area contributed by atoms with Gasteiger partial charge in [-0.25, -0.2) is 9.34 Å². The third-order valence-corrected chi connectivity index (χ3v) is 7.23. The second kappa shape index (κ2) is 5.63. The predicted octanol–water partition coefficient (Wildman–Crippen LogP) is 3.56. The molecule has 0 saturated carbocycles. The monoisotopic (exact) mass is 347 g/mol. The van der Waals surface area contributed by atoms with E-state index in [2.05, 4.69) is 0 Å². The van der Waals surface area contributed by atoms with Crippen molar-refractivity contribution >= 4 is 24.1 Å². The molecule has 0 N–H and O–H groups in total. The molecule has 0 aliphatic carbocycles. The summed E-state index contributed by atoms with van der Waals surface area (Å²) in [5, 5.41) is 13.0. The largest absolute Gasteiger partial charge is 0.346 e. The molecule has 0 aromatic heterocycles. The zero-order valence-electron chi connectivity index (χ0n) is 13.3. The van der Waals surface area contributed by atoms with Crippen molar-refractivity contribution < 1.29 is 14.0 Å². The molecule has 7 nitrogen and oxygen atoms in total. The first kappa shape index (κ1) is 15.7. The van der Waals surface area contributed by atoms with Crippen LogP contribution in [0.15, 0.2) is 36.4 Å². The van der Waals surface area contributed by atoms with Crippen LogP contribution in [-0.4, -0.2) is 40.4 Å². The molecule has 2 saturated heterocycles. The Labute approximate surface area is 139 Å². The quantitative estimate of drug-likeness (QED) is 0.344. The molecule has 4 rings (SSSR count). The van der Waals surface area contributed by atoms with Crippen LogP contribution in [0.1, 0.15) is 18.6 Å². The zero-order valence-corrected chi connectivity index (χ0v) is 14.2. The van der Waals surface area contributed by atoms with Crippen LogP contribution >= 0.6 is 7.67 Å². The van der Waals surface area contributed by atoms with Crippen molar-refractivity contribution in [1.82, 2.24) is 9.34 Å². The summed E-state index contributed by atoms with van der Waals surface area (Å²) in [6.07, 6.45) is -0.623. The van der Waals surface area contributed by atoms with Gasteiger partial charge in [0.05, 0.1) is 22.0 Å². The van der Waals surface area contributed by atoms with Crippen LogP contribution in [0.2, 0.25) is 0 Å². The van der Waals surface area contributed by atoms with Crippen molar-refractivity contribution in [2.75, 3.05) is 26.2 Å². The van der Waals surface area contributed by atoms with E-state index in [1.807, 2.05) is 27.5 Å². The summed E-state index contributed by atoms with van der Waals surface area (Å²) in [7, 11) is -3.03. The minimum absolute atomic E-state index is 0.0312. The Morgan fingerprint density at radius 1 is 1.12 bits per heavy atom. The smallest absolute Gasteiger partial charge is 0.298 e. The average Bonchev–Trinajstić information content (AvgIpc) is 3.44. The van der Waals surface area contributed by atoms with Gasteiger partial charge in [-0.2, -0.15) is 0 Å². The Hall–Kier alpha value is -1.79. The summed E-state index contributed by atoms with van der Waals surface area (Å²) in [4.78, 5) is 11.3. The van der Waals surface area contributed by atoms with Gasteiger partial charge in [-0.05, 0) is 24.4 Å². The first-order valence-electron chi connectivity index (χ1n) is 7.96. The molecular formula is C16H18N3O4P. The molecule has 1 unspecified atom stereocenters. The van der Waals surface area contributed by atoms with E-state index in [-0.39, 0.29) is 10.6 Å². The molecule has 0 radical (unpaired) electrons. The lowest BCUT2D eigenvalue weighted by Gasteiger charge is -2.24. The van der Waals surface area contributed by atoms with E-state index in [1.54, 1.807) is 25.1 Å². The Kier molecular flexibility index (Phi) is 3.69. The second-order valence-electron chi connectivity index (χ2n) is 6.13. The molecule has 2 aromatic carbocycles. The highest BCUT2D eigenvalue weighted by atomic mass is 31.2. The van der Waals surface area contributed by atoms with Gasteiger partial charge in [0.25, 0.3) is 5.69 Å². The summed E-state index contributed by atoms with van der Waals surface area (Å²) in [6.45, 7) is 4.73. The number of nitro groups is 1. The fraction of sp³-hybridized carbons (Fsp3) is 0.375. The Morgan fingerprint density at radius 2 is 1.75 bits per heavy atom. The molecule has 0 spiro atoms. The highest BCUT2D eigenvalue weighted by Gasteiger charge is 2.50. The first-order chi connectivity index (χ1) is 11.5. The molecule has 24 heavy (non-hydrogen) atoms. The fourth-order valence-corrected chi connectivity index (χ4v) is 5.31.